The lowest BCUT2D eigenvalue weighted by Gasteiger charge is -2.14. The van der Waals surface area contributed by atoms with Gasteiger partial charge in [-0.25, -0.2) is 0 Å². The van der Waals surface area contributed by atoms with E-state index in [9.17, 15) is 9.59 Å². The van der Waals surface area contributed by atoms with Gasteiger partial charge in [-0.2, -0.15) is 0 Å². The summed E-state index contributed by atoms with van der Waals surface area (Å²) in [5.41, 5.74) is 0. The Bertz CT molecular complexity index is 914. The van der Waals surface area contributed by atoms with Crippen molar-refractivity contribution in [3.8, 4) is 0 Å². The number of allylic oxidation sites excluding steroid dienone is 15. The molecule has 0 saturated heterocycles. The Hall–Kier alpha value is -3.14. The van der Waals surface area contributed by atoms with Gasteiger partial charge in [0, 0.05) is 12.8 Å². The smallest absolute Gasteiger partial charge is 0.306 e. The molecule has 1 atom stereocenters. The van der Waals surface area contributed by atoms with Crippen molar-refractivity contribution in [2.75, 3.05) is 0 Å². The highest BCUT2D eigenvalue weighted by Gasteiger charge is 2.11. The molecule has 0 aliphatic carbocycles. The zero-order chi connectivity index (χ0) is 32.2. The monoisotopic (exact) mass is 606 g/mol. The van der Waals surface area contributed by atoms with Gasteiger partial charge in [0.2, 0.25) is 0 Å². The van der Waals surface area contributed by atoms with Crippen LogP contribution in [0.25, 0.3) is 0 Å². The van der Waals surface area contributed by atoms with Crippen LogP contribution in [0.15, 0.2) is 97.2 Å². The van der Waals surface area contributed by atoms with Crippen LogP contribution in [0.1, 0.15) is 136 Å². The maximum Gasteiger partial charge on any atom is 0.306 e. The van der Waals surface area contributed by atoms with Crippen molar-refractivity contribution in [2.45, 2.75) is 142 Å². The van der Waals surface area contributed by atoms with E-state index in [-0.39, 0.29) is 18.5 Å². The van der Waals surface area contributed by atoms with Crippen LogP contribution in [0.4, 0.5) is 0 Å². The lowest BCUT2D eigenvalue weighted by Crippen LogP contribution is -2.16. The Kier molecular flexibility index (Phi) is 31.9. The molecule has 1 unspecified atom stereocenters. The van der Waals surface area contributed by atoms with Crippen molar-refractivity contribution in [1.29, 1.82) is 0 Å². The average Bonchev–Trinajstić information content (AvgIpc) is 3.01. The Morgan fingerprint density at radius 3 is 1.48 bits per heavy atom. The number of carbonyl (C=O) groups excluding carboxylic acids is 1. The summed E-state index contributed by atoms with van der Waals surface area (Å²) in [5, 5.41) is 8.80. The first-order valence-electron chi connectivity index (χ1n) is 17.2. The van der Waals surface area contributed by atoms with E-state index in [0.29, 0.717) is 12.8 Å². The molecule has 44 heavy (non-hydrogen) atoms. The summed E-state index contributed by atoms with van der Waals surface area (Å²) in [6.45, 7) is 4.28. The fraction of sp³-hybridized carbons (Fsp3) is 0.550. The van der Waals surface area contributed by atoms with Crippen molar-refractivity contribution in [2.24, 2.45) is 0 Å². The molecule has 4 nitrogen and oxygen atoms in total. The van der Waals surface area contributed by atoms with Crippen molar-refractivity contribution < 1.29 is 19.4 Å². The number of ether oxygens (including phenoxy) is 1. The van der Waals surface area contributed by atoms with Crippen molar-refractivity contribution in [3.63, 3.8) is 0 Å². The maximum atomic E-state index is 12.5. The van der Waals surface area contributed by atoms with Gasteiger partial charge in [0.15, 0.2) is 0 Å². The van der Waals surface area contributed by atoms with Gasteiger partial charge in [-0.05, 0) is 96.0 Å². The summed E-state index contributed by atoms with van der Waals surface area (Å²) in [6.07, 6.45) is 51.4. The first kappa shape index (κ1) is 40.9. The zero-order valence-corrected chi connectivity index (χ0v) is 27.9. The Morgan fingerprint density at radius 1 is 0.523 bits per heavy atom. The van der Waals surface area contributed by atoms with Crippen molar-refractivity contribution in [3.05, 3.63) is 97.2 Å². The van der Waals surface area contributed by atoms with Crippen LogP contribution in [-0.2, 0) is 14.3 Å². The van der Waals surface area contributed by atoms with Gasteiger partial charge in [-0.3, -0.25) is 9.59 Å². The van der Waals surface area contributed by atoms with E-state index in [1.165, 1.54) is 0 Å². The SMILES string of the molecule is CC/C=C\C/C=C\C/C=C\C/C=C\C/C=C\CCCCCC(=O)OC(/C=C\C/C=C\C/C=C\CC)CCCCCCC(=O)O. The van der Waals surface area contributed by atoms with E-state index in [1.807, 2.05) is 6.08 Å². The molecule has 0 bridgehead atoms. The molecule has 246 valence electrons. The van der Waals surface area contributed by atoms with Gasteiger partial charge >= 0.3 is 11.9 Å². The number of hydrogen-bond acceptors (Lipinski definition) is 3. The normalized spacial score (nSPS) is 13.5. The molecular weight excluding hydrogens is 544 g/mol. The molecular formula is C40H62O4. The van der Waals surface area contributed by atoms with E-state index >= 15 is 0 Å². The summed E-state index contributed by atoms with van der Waals surface area (Å²) < 4.78 is 5.80. The minimum atomic E-state index is -0.740. The molecule has 4 heteroatoms. The molecule has 0 aliphatic heterocycles. The van der Waals surface area contributed by atoms with Crippen LogP contribution in [0.3, 0.4) is 0 Å². The summed E-state index contributed by atoms with van der Waals surface area (Å²) in [7, 11) is 0. The molecule has 1 N–H and O–H groups in total. The van der Waals surface area contributed by atoms with Crippen LogP contribution >= 0.6 is 0 Å². The van der Waals surface area contributed by atoms with Gasteiger partial charge in [0.05, 0.1) is 0 Å². The fourth-order valence-electron chi connectivity index (χ4n) is 4.32. The van der Waals surface area contributed by atoms with Crippen LogP contribution in [0, 0.1) is 0 Å². The van der Waals surface area contributed by atoms with E-state index in [2.05, 4.69) is 105 Å². The number of aliphatic carboxylic acids is 1. The summed E-state index contributed by atoms with van der Waals surface area (Å²) in [4.78, 5) is 23.2. The highest BCUT2D eigenvalue weighted by Crippen LogP contribution is 2.14. The molecule has 0 aromatic rings. The van der Waals surface area contributed by atoms with E-state index in [0.717, 1.165) is 103 Å². The number of carboxylic acid groups (broad SMARTS) is 1. The number of esters is 1. The van der Waals surface area contributed by atoms with E-state index in [4.69, 9.17) is 9.84 Å². The third-order valence-electron chi connectivity index (χ3n) is 6.79. The molecule has 0 aromatic carbocycles. The standard InChI is InChI=1S/C40H62O4/c1-3-5-7-9-11-13-14-15-16-17-18-19-20-21-22-23-25-27-33-37-40(43)44-38(35-31-28-29-32-36-39(41)42)34-30-26-24-12-10-8-6-4-2/h5-8,11-13,15-16,18-19,21-22,24,30,34,38H,3-4,9-10,14,17,20,23,25-29,31-33,35-37H2,1-2H3,(H,41,42)/b7-5-,8-6-,13-11-,16-15-,19-18-,22-21-,24-12-,34-30-. The Labute approximate surface area is 270 Å². The first-order chi connectivity index (χ1) is 21.6. The van der Waals surface area contributed by atoms with Gasteiger partial charge in [0.1, 0.15) is 6.10 Å². The highest BCUT2D eigenvalue weighted by atomic mass is 16.5. The predicted molar refractivity (Wildman–Crippen MR) is 190 cm³/mol. The Morgan fingerprint density at radius 2 is 0.955 bits per heavy atom. The second-order valence-corrected chi connectivity index (χ2v) is 10.9. The molecule has 0 radical (unpaired) electrons. The van der Waals surface area contributed by atoms with Crippen molar-refractivity contribution in [1.82, 2.24) is 0 Å². The third-order valence-corrected chi connectivity index (χ3v) is 6.79. The van der Waals surface area contributed by atoms with Crippen molar-refractivity contribution >= 4 is 11.9 Å². The number of carbonyl (C=O) groups is 2. The van der Waals surface area contributed by atoms with Crippen LogP contribution in [0.5, 0.6) is 0 Å². The molecule has 0 fully saturated rings. The zero-order valence-electron chi connectivity index (χ0n) is 27.9. The van der Waals surface area contributed by atoms with Gasteiger partial charge in [-0.15, -0.1) is 0 Å². The lowest BCUT2D eigenvalue weighted by atomic mass is 10.1. The van der Waals surface area contributed by atoms with Gasteiger partial charge < -0.3 is 9.84 Å². The number of unbranched alkanes of at least 4 members (excludes halogenated alkanes) is 6. The highest BCUT2D eigenvalue weighted by molar-refractivity contribution is 5.69. The third kappa shape index (κ3) is 33.4. The maximum absolute atomic E-state index is 12.5. The number of rotatable bonds is 29. The van der Waals surface area contributed by atoms with E-state index < -0.39 is 5.97 Å². The molecule has 0 spiro atoms. The number of carboxylic acids is 1. The summed E-state index contributed by atoms with van der Waals surface area (Å²) >= 11 is 0. The average molecular weight is 607 g/mol. The van der Waals surface area contributed by atoms with E-state index in [1.54, 1.807) is 0 Å². The Balaban J connectivity index is 4.16. The molecule has 0 aliphatic rings. The number of hydrogen-bond donors (Lipinski definition) is 1. The quantitative estimate of drug-likeness (QED) is 0.0522. The largest absolute Gasteiger partial charge is 0.481 e. The molecule has 0 saturated carbocycles. The summed E-state index contributed by atoms with van der Waals surface area (Å²) in [6, 6.07) is 0. The molecule has 0 amide bonds. The fourth-order valence-corrected chi connectivity index (χ4v) is 4.32. The molecule has 0 heterocycles. The molecule has 0 rings (SSSR count). The van der Waals surface area contributed by atoms with Crippen LogP contribution in [0.2, 0.25) is 0 Å². The lowest BCUT2D eigenvalue weighted by molar-refractivity contribution is -0.147. The second-order valence-electron chi connectivity index (χ2n) is 10.9. The van der Waals surface area contributed by atoms with Crippen LogP contribution in [-0.4, -0.2) is 23.1 Å². The van der Waals surface area contributed by atoms with Gasteiger partial charge in [0.25, 0.3) is 0 Å². The van der Waals surface area contributed by atoms with Crippen LogP contribution < -0.4 is 0 Å². The second kappa shape index (κ2) is 34.4. The van der Waals surface area contributed by atoms with Gasteiger partial charge in [-0.1, -0.05) is 124 Å². The molecule has 0 aromatic heterocycles. The minimum absolute atomic E-state index is 0.124. The minimum Gasteiger partial charge on any atom is -0.481 e. The topological polar surface area (TPSA) is 63.6 Å². The summed E-state index contributed by atoms with van der Waals surface area (Å²) in [5.74, 6) is -0.864. The predicted octanol–water partition coefficient (Wildman–Crippen LogP) is 11.9. The first-order valence-corrected chi connectivity index (χ1v) is 17.2.